The molecule has 5 nitrogen and oxygen atoms in total. The number of carbonyl (C=O) groups is 2. The fraction of sp³-hybridized carbons (Fsp3) is 0.529. The number of rotatable bonds is 6. The molecule has 0 saturated carbocycles. The summed E-state index contributed by atoms with van der Waals surface area (Å²) in [6, 6.07) is 9.18. The third-order valence-electron chi connectivity index (χ3n) is 3.97. The zero-order valence-corrected chi connectivity index (χ0v) is 12.9. The zero-order chi connectivity index (χ0) is 15.9. The fourth-order valence-corrected chi connectivity index (χ4v) is 2.81. The molecule has 22 heavy (non-hydrogen) atoms. The van der Waals surface area contributed by atoms with E-state index >= 15 is 0 Å². The molecule has 1 fully saturated rings. The summed E-state index contributed by atoms with van der Waals surface area (Å²) in [5.41, 5.74) is 0.774. The van der Waals surface area contributed by atoms with E-state index in [4.69, 9.17) is 4.74 Å². The summed E-state index contributed by atoms with van der Waals surface area (Å²) in [4.78, 5) is 25.9. The third-order valence-corrected chi connectivity index (χ3v) is 3.97. The molecule has 5 heteroatoms. The summed E-state index contributed by atoms with van der Waals surface area (Å²) in [6.07, 6.45) is 0.710. The Bertz CT molecular complexity index is 497. The van der Waals surface area contributed by atoms with Gasteiger partial charge in [-0.1, -0.05) is 30.3 Å². The van der Waals surface area contributed by atoms with Gasteiger partial charge in [-0.2, -0.15) is 0 Å². The van der Waals surface area contributed by atoms with Crippen molar-refractivity contribution in [2.45, 2.75) is 38.2 Å². The van der Waals surface area contributed by atoms with Gasteiger partial charge in [-0.15, -0.1) is 0 Å². The van der Waals surface area contributed by atoms with Crippen LogP contribution < -0.4 is 0 Å². The first kappa shape index (κ1) is 16.5. The summed E-state index contributed by atoms with van der Waals surface area (Å²) in [5.74, 6) is -1.27. The lowest BCUT2D eigenvalue weighted by atomic mass is 9.89. The van der Waals surface area contributed by atoms with Gasteiger partial charge >= 0.3 is 5.97 Å². The van der Waals surface area contributed by atoms with Gasteiger partial charge in [0.25, 0.3) is 5.91 Å². The van der Waals surface area contributed by atoms with Crippen molar-refractivity contribution in [3.05, 3.63) is 35.9 Å². The Morgan fingerprint density at radius 3 is 2.45 bits per heavy atom. The van der Waals surface area contributed by atoms with Crippen molar-refractivity contribution >= 4 is 11.9 Å². The Kier molecular flexibility index (Phi) is 5.95. The molecule has 1 amide bonds. The highest BCUT2D eigenvalue weighted by Crippen LogP contribution is 2.26. The lowest BCUT2D eigenvalue weighted by Gasteiger charge is -2.26. The van der Waals surface area contributed by atoms with Crippen molar-refractivity contribution in [1.82, 2.24) is 4.90 Å². The zero-order valence-electron chi connectivity index (χ0n) is 12.9. The minimum absolute atomic E-state index is 0.00139. The largest absolute Gasteiger partial charge is 0.466 e. The van der Waals surface area contributed by atoms with Crippen LogP contribution in [0.1, 0.15) is 37.7 Å². The molecule has 0 aliphatic carbocycles. The third kappa shape index (κ3) is 4.07. The van der Waals surface area contributed by atoms with Crippen LogP contribution in [0.3, 0.4) is 0 Å². The van der Waals surface area contributed by atoms with Gasteiger partial charge in [0.2, 0.25) is 0 Å². The van der Waals surface area contributed by atoms with E-state index in [-0.39, 0.29) is 18.9 Å². The number of likely N-dealkylation sites (tertiary alicyclic amines) is 1. The second-order valence-corrected chi connectivity index (χ2v) is 5.50. The van der Waals surface area contributed by atoms with Crippen LogP contribution in [0.4, 0.5) is 0 Å². The van der Waals surface area contributed by atoms with Gasteiger partial charge in [-0.3, -0.25) is 9.59 Å². The molecule has 120 valence electrons. The lowest BCUT2D eigenvalue weighted by Crippen LogP contribution is -2.41. The summed E-state index contributed by atoms with van der Waals surface area (Å²) in [5, 5.41) is 10.5. The van der Waals surface area contributed by atoms with Crippen LogP contribution in [-0.4, -0.2) is 47.7 Å². The Morgan fingerprint density at radius 1 is 1.23 bits per heavy atom. The first-order chi connectivity index (χ1) is 10.6. The smallest absolute Gasteiger partial charge is 0.306 e. The number of hydrogen-bond acceptors (Lipinski definition) is 4. The van der Waals surface area contributed by atoms with E-state index < -0.39 is 18.0 Å². The number of benzene rings is 1. The number of amides is 1. The second kappa shape index (κ2) is 7.94. The highest BCUT2D eigenvalue weighted by molar-refractivity contribution is 5.83. The monoisotopic (exact) mass is 305 g/mol. The maximum absolute atomic E-state index is 12.4. The first-order valence-corrected chi connectivity index (χ1v) is 7.81. The second-order valence-electron chi connectivity index (χ2n) is 5.50. The Morgan fingerprint density at radius 2 is 1.86 bits per heavy atom. The number of carbonyl (C=O) groups excluding carboxylic acids is 2. The van der Waals surface area contributed by atoms with Crippen LogP contribution in [0.15, 0.2) is 30.3 Å². The quantitative estimate of drug-likeness (QED) is 0.813. The Balaban J connectivity index is 2.15. The number of nitrogens with zero attached hydrogens (tertiary/aromatic N) is 1. The molecule has 0 spiro atoms. The molecule has 1 aromatic carbocycles. The van der Waals surface area contributed by atoms with E-state index in [2.05, 4.69) is 0 Å². The van der Waals surface area contributed by atoms with Crippen molar-refractivity contribution in [2.75, 3.05) is 19.7 Å². The topological polar surface area (TPSA) is 66.8 Å². The molecular formula is C17H23NO4. The first-order valence-electron chi connectivity index (χ1n) is 7.81. The van der Waals surface area contributed by atoms with E-state index in [0.29, 0.717) is 13.1 Å². The normalized spacial score (nSPS) is 17.1. The molecule has 1 saturated heterocycles. The standard InChI is InChI=1S/C17H23NO4/c1-2-22-15(19)12-14(13-8-4-3-5-9-13)16(20)17(21)18-10-6-7-11-18/h3-5,8-9,14,16,20H,2,6-7,10-12H2,1H3. The summed E-state index contributed by atoms with van der Waals surface area (Å²) in [7, 11) is 0. The van der Waals surface area contributed by atoms with E-state index in [1.54, 1.807) is 11.8 Å². The maximum Gasteiger partial charge on any atom is 0.306 e. The Hall–Kier alpha value is -1.88. The molecule has 2 unspecified atom stereocenters. The number of ether oxygens (including phenoxy) is 1. The SMILES string of the molecule is CCOC(=O)CC(c1ccccc1)C(O)C(=O)N1CCCC1. The molecule has 0 radical (unpaired) electrons. The predicted octanol–water partition coefficient (Wildman–Crippen LogP) is 1.71. The van der Waals surface area contributed by atoms with Gasteiger partial charge in [0.05, 0.1) is 13.0 Å². The number of aliphatic hydroxyl groups excluding tert-OH is 1. The number of esters is 1. The van der Waals surface area contributed by atoms with E-state index in [9.17, 15) is 14.7 Å². The van der Waals surface area contributed by atoms with Gasteiger partial charge < -0.3 is 14.7 Å². The molecule has 0 bridgehead atoms. The van der Waals surface area contributed by atoms with Crippen molar-refractivity contribution in [3.8, 4) is 0 Å². The maximum atomic E-state index is 12.4. The highest BCUT2D eigenvalue weighted by atomic mass is 16.5. The molecule has 0 aromatic heterocycles. The van der Waals surface area contributed by atoms with Crippen LogP contribution in [0.25, 0.3) is 0 Å². The molecule has 1 aromatic rings. The molecule has 1 aliphatic rings. The van der Waals surface area contributed by atoms with Crippen LogP contribution in [-0.2, 0) is 14.3 Å². The summed E-state index contributed by atoms with van der Waals surface area (Å²) >= 11 is 0. The fourth-order valence-electron chi connectivity index (χ4n) is 2.81. The molecule has 2 rings (SSSR count). The predicted molar refractivity (Wildman–Crippen MR) is 82.3 cm³/mol. The average Bonchev–Trinajstić information content (AvgIpc) is 3.07. The number of aliphatic hydroxyl groups is 1. The van der Waals surface area contributed by atoms with Crippen LogP contribution in [0.2, 0.25) is 0 Å². The van der Waals surface area contributed by atoms with E-state index in [1.807, 2.05) is 30.3 Å². The summed E-state index contributed by atoms with van der Waals surface area (Å²) in [6.45, 7) is 3.38. The molecule has 1 N–H and O–H groups in total. The molecule has 1 heterocycles. The van der Waals surface area contributed by atoms with Gasteiger partial charge in [-0.25, -0.2) is 0 Å². The van der Waals surface area contributed by atoms with E-state index in [0.717, 1.165) is 18.4 Å². The van der Waals surface area contributed by atoms with Gasteiger partial charge in [-0.05, 0) is 25.3 Å². The lowest BCUT2D eigenvalue weighted by molar-refractivity contribution is -0.146. The van der Waals surface area contributed by atoms with Crippen LogP contribution >= 0.6 is 0 Å². The van der Waals surface area contributed by atoms with Crippen LogP contribution in [0.5, 0.6) is 0 Å². The van der Waals surface area contributed by atoms with Gasteiger partial charge in [0.1, 0.15) is 6.10 Å². The Labute approximate surface area is 130 Å². The number of hydrogen-bond donors (Lipinski definition) is 1. The summed E-state index contributed by atoms with van der Waals surface area (Å²) < 4.78 is 4.97. The average molecular weight is 305 g/mol. The van der Waals surface area contributed by atoms with Gasteiger partial charge in [0.15, 0.2) is 0 Å². The van der Waals surface area contributed by atoms with Gasteiger partial charge in [0, 0.05) is 19.0 Å². The minimum Gasteiger partial charge on any atom is -0.466 e. The molecule has 2 atom stereocenters. The highest BCUT2D eigenvalue weighted by Gasteiger charge is 2.33. The van der Waals surface area contributed by atoms with Crippen molar-refractivity contribution in [1.29, 1.82) is 0 Å². The van der Waals surface area contributed by atoms with E-state index in [1.165, 1.54) is 0 Å². The molecule has 1 aliphatic heterocycles. The van der Waals surface area contributed by atoms with Crippen molar-refractivity contribution in [3.63, 3.8) is 0 Å². The van der Waals surface area contributed by atoms with Crippen molar-refractivity contribution < 1.29 is 19.4 Å². The minimum atomic E-state index is -1.22. The van der Waals surface area contributed by atoms with Crippen LogP contribution in [0, 0.1) is 0 Å². The molecular weight excluding hydrogens is 282 g/mol. The van der Waals surface area contributed by atoms with Crippen molar-refractivity contribution in [2.24, 2.45) is 0 Å².